The number of rotatable bonds is 3. The van der Waals surface area contributed by atoms with Crippen molar-refractivity contribution in [3.8, 4) is 0 Å². The molecule has 56 valence electrons. The van der Waals surface area contributed by atoms with Gasteiger partial charge in [0.15, 0.2) is 0 Å². The molecule has 0 aliphatic carbocycles. The van der Waals surface area contributed by atoms with E-state index >= 15 is 0 Å². The zero-order valence-corrected chi connectivity index (χ0v) is 9.47. The average molecular weight is 197 g/mol. The molecule has 0 saturated heterocycles. The van der Waals surface area contributed by atoms with Gasteiger partial charge in [0.1, 0.15) is 6.04 Å². The second-order valence-electron chi connectivity index (χ2n) is 2.57. The summed E-state index contributed by atoms with van der Waals surface area (Å²) in [5, 5.41) is 8.31. The molecule has 0 saturated carbocycles. The van der Waals surface area contributed by atoms with Crippen LogP contribution in [0.25, 0.3) is 0 Å². The Kier molecular flexibility index (Phi) is 7.38. The number of hydrogen-bond acceptors (Lipinski definition) is 2. The quantitative estimate of drug-likeness (QED) is 0.644. The van der Waals surface area contributed by atoms with E-state index in [1.165, 1.54) is 0 Å². The van der Waals surface area contributed by atoms with Crippen molar-refractivity contribution in [3.63, 3.8) is 0 Å². The van der Waals surface area contributed by atoms with Crippen molar-refractivity contribution in [2.75, 3.05) is 0 Å². The van der Waals surface area contributed by atoms with E-state index in [1.807, 2.05) is 13.8 Å². The summed E-state index contributed by atoms with van der Waals surface area (Å²) in [6.45, 7) is 3.89. The summed E-state index contributed by atoms with van der Waals surface area (Å²) in [5.74, 6) is -0.556. The van der Waals surface area contributed by atoms with Gasteiger partial charge in [-0.15, -0.1) is 0 Å². The Labute approximate surface area is 73.7 Å². The zero-order valence-electron chi connectivity index (χ0n) is 6.50. The van der Waals surface area contributed by atoms with Crippen LogP contribution in [0.3, 0.4) is 0 Å². The van der Waals surface area contributed by atoms with Crippen molar-refractivity contribution in [1.29, 1.82) is 0 Å². The molecule has 0 heterocycles. The summed E-state index contributed by atoms with van der Waals surface area (Å²) in [4.78, 5) is 10.1. The van der Waals surface area contributed by atoms with Crippen LogP contribution in [0.15, 0.2) is 0 Å². The first kappa shape index (κ1) is 12.7. The molecule has 0 amide bonds. The number of carboxylic acid groups (broad SMARTS) is 1. The van der Waals surface area contributed by atoms with E-state index < -0.39 is 12.0 Å². The molecule has 3 nitrogen and oxygen atoms in total. The van der Waals surface area contributed by atoms with Gasteiger partial charge in [-0.2, -0.15) is 0 Å². The van der Waals surface area contributed by atoms with Gasteiger partial charge in [-0.1, -0.05) is 13.8 Å². The van der Waals surface area contributed by atoms with Gasteiger partial charge in [-0.05, 0) is 12.3 Å². The number of carbonyl (C=O) groups is 1. The molecule has 4 heteroatoms. The molecule has 0 spiro atoms. The molecule has 0 aliphatic heterocycles. The summed E-state index contributed by atoms with van der Waals surface area (Å²) >= 11 is 0. The zero-order chi connectivity index (χ0) is 7.44. The molecule has 0 rings (SSSR count). The number of aliphatic carboxylic acids is 1. The van der Waals surface area contributed by atoms with Crippen molar-refractivity contribution in [1.82, 2.24) is 0 Å². The van der Waals surface area contributed by atoms with Crippen LogP contribution in [-0.4, -0.2) is 17.1 Å². The molecule has 1 atom stereocenters. The standard InChI is InChI=1S/C6H13NO2.Zn/c1-4(2)3-5(7)6(8)9;/h4-5H,3,7H2,1-2H3,(H,8,9);. The number of hydrogen-bond donors (Lipinski definition) is 2. The monoisotopic (exact) mass is 195 g/mol. The molecule has 0 aliphatic rings. The van der Waals surface area contributed by atoms with Crippen LogP contribution < -0.4 is 5.73 Å². The molecule has 0 radical (unpaired) electrons. The van der Waals surface area contributed by atoms with Crippen molar-refractivity contribution in [2.24, 2.45) is 11.7 Å². The van der Waals surface area contributed by atoms with Crippen molar-refractivity contribution >= 4 is 5.97 Å². The van der Waals surface area contributed by atoms with E-state index in [1.54, 1.807) is 0 Å². The van der Waals surface area contributed by atoms with Gasteiger partial charge in [0.25, 0.3) is 0 Å². The fourth-order valence-electron chi connectivity index (χ4n) is 0.609. The largest absolute Gasteiger partial charge is 0.480 e. The molecule has 0 aromatic carbocycles. The van der Waals surface area contributed by atoms with Gasteiger partial charge in [-0.25, -0.2) is 0 Å². The van der Waals surface area contributed by atoms with Gasteiger partial charge >= 0.3 is 5.97 Å². The molecule has 0 aromatic rings. The first-order valence-electron chi connectivity index (χ1n) is 3.02. The predicted molar refractivity (Wildman–Crippen MR) is 35.1 cm³/mol. The first-order chi connectivity index (χ1) is 4.04. The van der Waals surface area contributed by atoms with Crippen LogP contribution in [0.4, 0.5) is 0 Å². The predicted octanol–water partition coefficient (Wildman–Crippen LogP) is 0.442. The fraction of sp³-hybridized carbons (Fsp3) is 0.833. The van der Waals surface area contributed by atoms with Crippen LogP contribution in [0.5, 0.6) is 0 Å². The maximum Gasteiger partial charge on any atom is 0.320 e. The maximum atomic E-state index is 10.1. The third-order valence-corrected chi connectivity index (χ3v) is 1.04. The van der Waals surface area contributed by atoms with Gasteiger partial charge in [0.05, 0.1) is 0 Å². The van der Waals surface area contributed by atoms with Gasteiger partial charge in [0, 0.05) is 19.5 Å². The summed E-state index contributed by atoms with van der Waals surface area (Å²) in [7, 11) is 0. The molecule has 10 heavy (non-hydrogen) atoms. The van der Waals surface area contributed by atoms with Crippen molar-refractivity contribution < 1.29 is 29.4 Å². The van der Waals surface area contributed by atoms with Crippen LogP contribution in [0.2, 0.25) is 0 Å². The normalized spacial score (nSPS) is 12.4. The first-order valence-corrected chi connectivity index (χ1v) is 3.02. The Balaban J connectivity index is 0. The molecule has 0 fully saturated rings. The van der Waals surface area contributed by atoms with Crippen LogP contribution in [0.1, 0.15) is 20.3 Å². The number of carboxylic acids is 1. The Bertz CT molecular complexity index is 106. The SMILES string of the molecule is CC(C)CC(N)C(=O)O.[Zn]. The molecule has 1 unspecified atom stereocenters. The Morgan fingerprint density at radius 1 is 1.60 bits per heavy atom. The average Bonchev–Trinajstić information content (AvgIpc) is 1.63. The summed E-state index contributed by atoms with van der Waals surface area (Å²) in [6.07, 6.45) is 0.551. The third-order valence-electron chi connectivity index (χ3n) is 1.04. The van der Waals surface area contributed by atoms with E-state index in [4.69, 9.17) is 10.8 Å². The summed E-state index contributed by atoms with van der Waals surface area (Å²) in [6, 6.07) is -0.690. The van der Waals surface area contributed by atoms with Crippen molar-refractivity contribution in [3.05, 3.63) is 0 Å². The minimum Gasteiger partial charge on any atom is -0.480 e. The minimum atomic E-state index is -0.913. The molecule has 3 N–H and O–H groups in total. The maximum absolute atomic E-state index is 10.1. The molecule has 0 bridgehead atoms. The molecular weight excluding hydrogens is 183 g/mol. The number of nitrogens with two attached hydrogens (primary N) is 1. The Morgan fingerprint density at radius 2 is 2.00 bits per heavy atom. The topological polar surface area (TPSA) is 63.3 Å². The van der Waals surface area contributed by atoms with Crippen LogP contribution in [0, 0.1) is 5.92 Å². The van der Waals surface area contributed by atoms with Gasteiger partial charge in [0.2, 0.25) is 0 Å². The summed E-state index contributed by atoms with van der Waals surface area (Å²) < 4.78 is 0. The van der Waals surface area contributed by atoms with Gasteiger partial charge < -0.3 is 10.8 Å². The van der Waals surface area contributed by atoms with E-state index in [0.717, 1.165) is 0 Å². The van der Waals surface area contributed by atoms with E-state index in [9.17, 15) is 4.79 Å². The Morgan fingerprint density at radius 3 is 2.10 bits per heavy atom. The Hall–Kier alpha value is 0.0534. The molecular formula is C6H13NO2Zn. The second-order valence-corrected chi connectivity index (χ2v) is 2.57. The fourth-order valence-corrected chi connectivity index (χ4v) is 0.609. The van der Waals surface area contributed by atoms with E-state index in [0.29, 0.717) is 12.3 Å². The van der Waals surface area contributed by atoms with Crippen LogP contribution >= 0.6 is 0 Å². The minimum absolute atomic E-state index is 0. The van der Waals surface area contributed by atoms with Gasteiger partial charge in [-0.3, -0.25) is 4.79 Å². The molecule has 0 aromatic heterocycles. The van der Waals surface area contributed by atoms with E-state index in [-0.39, 0.29) is 19.5 Å². The third kappa shape index (κ3) is 6.18. The van der Waals surface area contributed by atoms with E-state index in [2.05, 4.69) is 0 Å². The smallest absolute Gasteiger partial charge is 0.320 e. The second kappa shape index (κ2) is 5.81. The van der Waals surface area contributed by atoms with Crippen molar-refractivity contribution in [2.45, 2.75) is 26.3 Å². The summed E-state index contributed by atoms with van der Waals surface area (Å²) in [5.41, 5.74) is 5.22. The van der Waals surface area contributed by atoms with Crippen LogP contribution in [-0.2, 0) is 24.3 Å².